The molecule has 2 saturated heterocycles. The van der Waals surface area contributed by atoms with E-state index in [0.29, 0.717) is 44.1 Å². The van der Waals surface area contributed by atoms with Gasteiger partial charge in [0, 0.05) is 52.0 Å². The molecule has 318 valence electrons. The highest BCUT2D eigenvalue weighted by atomic mass is 35.5. The van der Waals surface area contributed by atoms with E-state index in [4.69, 9.17) is 35.3 Å². The van der Waals surface area contributed by atoms with Gasteiger partial charge in [0.15, 0.2) is 0 Å². The predicted octanol–water partition coefficient (Wildman–Crippen LogP) is 5.72. The molecule has 0 aromatic carbocycles. The Hall–Kier alpha value is -2.19. The van der Waals surface area contributed by atoms with Crippen molar-refractivity contribution in [1.29, 1.82) is 0 Å². The highest BCUT2D eigenvalue weighted by molar-refractivity contribution is 6.39. The summed E-state index contributed by atoms with van der Waals surface area (Å²) >= 11 is 6.52. The van der Waals surface area contributed by atoms with Gasteiger partial charge >= 0.3 is 5.97 Å². The van der Waals surface area contributed by atoms with Crippen molar-refractivity contribution in [2.45, 2.75) is 166 Å². The molecule has 0 radical (unpaired) electrons. The summed E-state index contributed by atoms with van der Waals surface area (Å²) in [5, 5.41) is 23.6. The molecule has 0 aromatic rings. The number of aliphatic hydroxyl groups excluding tert-OH is 1. The van der Waals surface area contributed by atoms with E-state index < -0.39 is 77.8 Å². The molecule has 1 amide bonds. The summed E-state index contributed by atoms with van der Waals surface area (Å²) in [6.45, 7) is 11.3. The number of esters is 1. The maximum atomic E-state index is 14.3. The van der Waals surface area contributed by atoms with Crippen LogP contribution in [0.2, 0.25) is 0 Å². The summed E-state index contributed by atoms with van der Waals surface area (Å²) in [7, 11) is 4.71. The first-order valence-corrected chi connectivity index (χ1v) is 21.2. The minimum absolute atomic E-state index is 0.0425. The molecule has 3 aliphatic heterocycles. The molecule has 14 atom stereocenters. The Morgan fingerprint density at radius 2 is 1.62 bits per heavy atom. The van der Waals surface area contributed by atoms with E-state index in [-0.39, 0.29) is 54.9 Å². The van der Waals surface area contributed by atoms with E-state index in [1.165, 1.54) is 19.1 Å². The van der Waals surface area contributed by atoms with Gasteiger partial charge in [-0.1, -0.05) is 45.4 Å². The van der Waals surface area contributed by atoms with Crippen LogP contribution in [-0.4, -0.2) is 120 Å². The Kier molecular flexibility index (Phi) is 17.2. The summed E-state index contributed by atoms with van der Waals surface area (Å²) in [5.41, 5.74) is 1.71. The Balaban J connectivity index is 1.76. The third-order valence-electron chi connectivity index (χ3n) is 12.8. The number of amides is 1. The molecule has 2 N–H and O–H groups in total. The van der Waals surface area contributed by atoms with Gasteiger partial charge in [-0.25, -0.2) is 4.79 Å². The van der Waals surface area contributed by atoms with Crippen molar-refractivity contribution >= 4 is 35.0 Å². The Labute approximate surface area is 339 Å². The fourth-order valence-electron chi connectivity index (χ4n) is 9.36. The Bertz CT molecular complexity index is 1440. The predicted molar refractivity (Wildman–Crippen MR) is 212 cm³/mol. The minimum Gasteiger partial charge on any atom is -0.456 e. The normalized spacial score (nSPS) is 41.6. The van der Waals surface area contributed by atoms with Crippen LogP contribution in [-0.2, 0) is 42.9 Å². The van der Waals surface area contributed by atoms with Crippen molar-refractivity contribution < 1.29 is 53.1 Å². The molecule has 0 spiro atoms. The highest BCUT2D eigenvalue weighted by Gasteiger charge is 2.56. The molecule has 2 bridgehead atoms. The SMILES string of the molecule is CC[C@@H]1/C=C(\C)C[C@H](C)C[C@H](OC)[C@H]2O[C@](O)(C(=O)C(=O)N3CCCC[C@H]3C(=O)O[C@H](/C(C)=C/[C@@H]3CC[C@H](Cl)[C@H](OC)C3)[C@H](C)[C@@H](O)CC1=O)[C@H](C)C[C@@H]2OC. The number of Topliss-reactive ketones (excluding diaryl/α,β-unsaturated/α-hetero) is 2. The number of piperidine rings is 1. The van der Waals surface area contributed by atoms with Crippen LogP contribution in [0.3, 0.4) is 0 Å². The number of halogens is 1. The second-order valence-electron chi connectivity index (χ2n) is 17.1. The topological polar surface area (TPSA) is 158 Å². The molecule has 4 rings (SSSR count). The van der Waals surface area contributed by atoms with Gasteiger partial charge in [-0.05, 0) is 95.5 Å². The zero-order valence-electron chi connectivity index (χ0n) is 35.0. The number of methoxy groups -OCH3 is 3. The first-order valence-electron chi connectivity index (χ1n) is 20.7. The number of fused-ring (bicyclic) bond motifs is 3. The van der Waals surface area contributed by atoms with Gasteiger partial charge in [-0.15, -0.1) is 11.6 Å². The second-order valence-corrected chi connectivity index (χ2v) is 17.7. The summed E-state index contributed by atoms with van der Waals surface area (Å²) in [5.74, 6) is -7.31. The number of rotatable bonds is 6. The van der Waals surface area contributed by atoms with Crippen molar-refractivity contribution in [3.8, 4) is 0 Å². The van der Waals surface area contributed by atoms with E-state index in [2.05, 4.69) is 6.92 Å². The number of carbonyl (C=O) groups is 4. The smallest absolute Gasteiger partial charge is 0.329 e. The fraction of sp³-hybridized carbons (Fsp3) is 0.814. The first kappa shape index (κ1) is 46.5. The average molecular weight is 810 g/mol. The lowest BCUT2D eigenvalue weighted by molar-refractivity contribution is -0.302. The van der Waals surface area contributed by atoms with Gasteiger partial charge in [0.25, 0.3) is 11.7 Å². The number of ether oxygens (including phenoxy) is 5. The first-order chi connectivity index (χ1) is 26.5. The van der Waals surface area contributed by atoms with Gasteiger partial charge in [0.2, 0.25) is 5.79 Å². The fourth-order valence-corrected chi connectivity index (χ4v) is 9.69. The maximum absolute atomic E-state index is 14.3. The third kappa shape index (κ3) is 10.9. The standard InChI is InChI=1S/C43H68ClNO11/c1-10-30-18-24(2)17-25(3)19-36(53-8)39-37(54-9)21-27(5)43(51,56-39)40(48)41(49)45-16-12-11-13-32(45)42(50)55-38(28(6)33(46)23-34(30)47)26(4)20-29-14-15-31(44)35(22-29)52-7/h18,20,25,27-33,35-39,46,51H,10-17,19,21-23H2,1-9H3/b24-18+,26-20+/t25-,27+,28+,29-,30+,31-,32-,33-,35+,36-,37-,38+,39+,43-/m0/s1. The van der Waals surface area contributed by atoms with Crippen LogP contribution in [0, 0.1) is 29.6 Å². The van der Waals surface area contributed by atoms with E-state index in [0.717, 1.165) is 18.4 Å². The van der Waals surface area contributed by atoms with Gasteiger partial charge in [0.05, 0.1) is 29.8 Å². The summed E-state index contributed by atoms with van der Waals surface area (Å²) in [4.78, 5) is 57.7. The van der Waals surface area contributed by atoms with Gasteiger partial charge < -0.3 is 38.8 Å². The third-order valence-corrected chi connectivity index (χ3v) is 13.3. The monoisotopic (exact) mass is 809 g/mol. The lowest BCUT2D eigenvalue weighted by atomic mass is 9.82. The number of carbonyl (C=O) groups excluding carboxylic acids is 4. The molecule has 1 saturated carbocycles. The molecule has 13 heteroatoms. The molecule has 3 heterocycles. The average Bonchev–Trinajstić information content (AvgIpc) is 3.18. The number of aliphatic hydroxyl groups is 2. The van der Waals surface area contributed by atoms with Gasteiger partial charge in [-0.3, -0.25) is 14.4 Å². The van der Waals surface area contributed by atoms with Gasteiger partial charge in [0.1, 0.15) is 24.0 Å². The minimum atomic E-state index is -2.49. The molecule has 56 heavy (non-hydrogen) atoms. The molecular weight excluding hydrogens is 742 g/mol. The molecule has 0 unspecified atom stereocenters. The van der Waals surface area contributed by atoms with Crippen molar-refractivity contribution in [1.82, 2.24) is 4.90 Å². The van der Waals surface area contributed by atoms with Crippen LogP contribution in [0.15, 0.2) is 23.3 Å². The molecule has 3 fully saturated rings. The number of hydrogen-bond acceptors (Lipinski definition) is 11. The Morgan fingerprint density at radius 3 is 2.27 bits per heavy atom. The van der Waals surface area contributed by atoms with Crippen LogP contribution in [0.25, 0.3) is 0 Å². The lowest BCUT2D eigenvalue weighted by Gasteiger charge is -2.47. The zero-order chi connectivity index (χ0) is 41.5. The van der Waals surface area contributed by atoms with Crippen molar-refractivity contribution in [2.75, 3.05) is 27.9 Å². The molecule has 1 aliphatic carbocycles. The van der Waals surface area contributed by atoms with Crippen LogP contribution in [0.5, 0.6) is 0 Å². The van der Waals surface area contributed by atoms with Crippen LogP contribution in [0.1, 0.15) is 112 Å². The van der Waals surface area contributed by atoms with E-state index in [1.807, 2.05) is 32.9 Å². The van der Waals surface area contributed by atoms with Crippen molar-refractivity contribution in [3.05, 3.63) is 23.3 Å². The number of alkyl halides is 1. The summed E-state index contributed by atoms with van der Waals surface area (Å²) in [6, 6.07) is -1.12. The van der Waals surface area contributed by atoms with Crippen molar-refractivity contribution in [2.24, 2.45) is 29.6 Å². The quantitative estimate of drug-likeness (QED) is 0.146. The molecular formula is C43H68ClNO11. The highest BCUT2D eigenvalue weighted by Crippen LogP contribution is 2.39. The Morgan fingerprint density at radius 1 is 0.964 bits per heavy atom. The lowest BCUT2D eigenvalue weighted by Crippen LogP contribution is -2.64. The molecule has 4 aliphatic rings. The van der Waals surface area contributed by atoms with E-state index in [9.17, 15) is 29.4 Å². The molecule has 12 nitrogen and oxygen atoms in total. The van der Waals surface area contributed by atoms with Crippen LogP contribution in [0.4, 0.5) is 0 Å². The van der Waals surface area contributed by atoms with E-state index in [1.54, 1.807) is 21.0 Å². The zero-order valence-corrected chi connectivity index (χ0v) is 35.8. The largest absolute Gasteiger partial charge is 0.456 e. The second kappa shape index (κ2) is 20.7. The number of allylic oxidation sites excluding steroid dienone is 3. The van der Waals surface area contributed by atoms with Crippen LogP contribution < -0.4 is 0 Å². The van der Waals surface area contributed by atoms with Crippen LogP contribution >= 0.6 is 11.6 Å². The van der Waals surface area contributed by atoms with Crippen molar-refractivity contribution in [3.63, 3.8) is 0 Å². The summed E-state index contributed by atoms with van der Waals surface area (Å²) in [6.07, 6.45) is 5.16. The number of hydrogen-bond donors (Lipinski definition) is 2. The number of cyclic esters (lactones) is 1. The molecule has 0 aromatic heterocycles. The maximum Gasteiger partial charge on any atom is 0.329 e. The number of ketones is 2. The van der Waals surface area contributed by atoms with E-state index >= 15 is 0 Å². The summed E-state index contributed by atoms with van der Waals surface area (Å²) < 4.78 is 29.9. The number of nitrogens with zero attached hydrogens (tertiary/aromatic N) is 1. The van der Waals surface area contributed by atoms with Gasteiger partial charge in [-0.2, -0.15) is 0 Å².